The molecule has 6 heteroatoms. The lowest BCUT2D eigenvalue weighted by atomic mass is 10.1. The molecule has 0 unspecified atom stereocenters. The number of anilines is 3. The second-order valence-corrected chi connectivity index (χ2v) is 7.25. The van der Waals surface area contributed by atoms with E-state index in [1.165, 1.54) is 0 Å². The molecule has 1 aliphatic heterocycles. The first-order chi connectivity index (χ1) is 14.1. The molecular formula is C23H29N3O3. The molecule has 3 rings (SSSR count). The molecule has 2 amide bonds. The molecule has 29 heavy (non-hydrogen) atoms. The third kappa shape index (κ3) is 5.57. The zero-order chi connectivity index (χ0) is 20.6. The van der Waals surface area contributed by atoms with Gasteiger partial charge in [0, 0.05) is 36.6 Å². The van der Waals surface area contributed by atoms with Crippen molar-refractivity contribution in [2.24, 2.45) is 0 Å². The van der Waals surface area contributed by atoms with Gasteiger partial charge in [-0.2, -0.15) is 0 Å². The maximum Gasteiger partial charge on any atom is 0.257 e. The molecule has 1 aliphatic rings. The van der Waals surface area contributed by atoms with Crippen LogP contribution < -0.4 is 15.5 Å². The predicted octanol–water partition coefficient (Wildman–Crippen LogP) is 4.21. The van der Waals surface area contributed by atoms with E-state index in [2.05, 4.69) is 22.5 Å². The Morgan fingerprint density at radius 2 is 1.83 bits per heavy atom. The molecule has 0 aromatic heterocycles. The first-order valence-electron chi connectivity index (χ1n) is 10.2. The van der Waals surface area contributed by atoms with Gasteiger partial charge in [-0.1, -0.05) is 25.5 Å². The van der Waals surface area contributed by atoms with E-state index in [0.29, 0.717) is 30.9 Å². The molecule has 2 aromatic rings. The minimum atomic E-state index is -0.147. The first-order valence-corrected chi connectivity index (χ1v) is 10.2. The molecule has 1 fully saturated rings. The Labute approximate surface area is 172 Å². The summed E-state index contributed by atoms with van der Waals surface area (Å²) in [6.07, 6.45) is 2.39. The molecule has 0 bridgehead atoms. The second-order valence-electron chi connectivity index (χ2n) is 7.25. The molecule has 2 aromatic carbocycles. The number of hydrogen-bond acceptors (Lipinski definition) is 4. The summed E-state index contributed by atoms with van der Waals surface area (Å²) in [5, 5.41) is 5.92. The molecule has 0 atom stereocenters. The van der Waals surface area contributed by atoms with E-state index in [4.69, 9.17) is 4.74 Å². The monoisotopic (exact) mass is 395 g/mol. The molecular weight excluding hydrogens is 366 g/mol. The van der Waals surface area contributed by atoms with Crippen LogP contribution in [0.15, 0.2) is 42.5 Å². The Balaban J connectivity index is 1.70. The Hall–Kier alpha value is -2.86. The number of ether oxygens (including phenoxy) is 1. The number of amides is 2. The number of hydrogen-bond donors (Lipinski definition) is 2. The maximum absolute atomic E-state index is 12.9. The van der Waals surface area contributed by atoms with Crippen LogP contribution in [0, 0.1) is 6.92 Å². The van der Waals surface area contributed by atoms with Crippen LogP contribution in [-0.4, -0.2) is 38.1 Å². The van der Waals surface area contributed by atoms with E-state index < -0.39 is 0 Å². The van der Waals surface area contributed by atoms with E-state index in [9.17, 15) is 9.59 Å². The van der Waals surface area contributed by atoms with Gasteiger partial charge < -0.3 is 20.3 Å². The van der Waals surface area contributed by atoms with E-state index >= 15 is 0 Å². The molecule has 6 nitrogen and oxygen atoms in total. The topological polar surface area (TPSA) is 70.7 Å². The highest BCUT2D eigenvalue weighted by Gasteiger charge is 2.18. The molecule has 0 aliphatic carbocycles. The van der Waals surface area contributed by atoms with Crippen molar-refractivity contribution in [1.29, 1.82) is 0 Å². The van der Waals surface area contributed by atoms with Crippen LogP contribution >= 0.6 is 0 Å². The largest absolute Gasteiger partial charge is 0.378 e. The van der Waals surface area contributed by atoms with E-state index in [1.54, 1.807) is 0 Å². The fourth-order valence-corrected chi connectivity index (χ4v) is 3.38. The van der Waals surface area contributed by atoms with Gasteiger partial charge in [0.15, 0.2) is 0 Å². The van der Waals surface area contributed by atoms with Gasteiger partial charge in [-0.25, -0.2) is 0 Å². The number of nitrogens with one attached hydrogen (secondary N) is 2. The molecule has 1 saturated heterocycles. The lowest BCUT2D eigenvalue weighted by Gasteiger charge is -2.30. The van der Waals surface area contributed by atoms with Gasteiger partial charge >= 0.3 is 0 Å². The average Bonchev–Trinajstić information content (AvgIpc) is 2.75. The minimum Gasteiger partial charge on any atom is -0.378 e. The molecule has 0 radical (unpaired) electrons. The number of carbonyl (C=O) groups excluding carboxylic acids is 2. The lowest BCUT2D eigenvalue weighted by Crippen LogP contribution is -2.37. The van der Waals surface area contributed by atoms with Gasteiger partial charge in [0.05, 0.1) is 18.8 Å². The number of nitrogens with zero attached hydrogens (tertiary/aromatic N) is 1. The van der Waals surface area contributed by atoms with Gasteiger partial charge in [0.1, 0.15) is 0 Å². The van der Waals surface area contributed by atoms with Crippen molar-refractivity contribution in [3.63, 3.8) is 0 Å². The number of rotatable bonds is 7. The number of aryl methyl sites for hydroxylation is 1. The summed E-state index contributed by atoms with van der Waals surface area (Å²) in [7, 11) is 0. The fourth-order valence-electron chi connectivity index (χ4n) is 3.38. The number of para-hydroxylation sites is 1. The first kappa shape index (κ1) is 20.9. The summed E-state index contributed by atoms with van der Waals surface area (Å²) in [6, 6.07) is 13.2. The van der Waals surface area contributed by atoms with Crippen molar-refractivity contribution in [2.75, 3.05) is 41.8 Å². The third-order valence-electron chi connectivity index (χ3n) is 5.02. The normalized spacial score (nSPS) is 13.8. The van der Waals surface area contributed by atoms with Gasteiger partial charge in [0.2, 0.25) is 5.91 Å². The minimum absolute atomic E-state index is 0.0196. The summed E-state index contributed by atoms with van der Waals surface area (Å²) >= 11 is 0. The summed E-state index contributed by atoms with van der Waals surface area (Å²) in [4.78, 5) is 27.1. The molecule has 1 heterocycles. The van der Waals surface area contributed by atoms with Gasteiger partial charge in [-0.15, -0.1) is 0 Å². The zero-order valence-electron chi connectivity index (χ0n) is 17.2. The predicted molar refractivity (Wildman–Crippen MR) is 117 cm³/mol. The average molecular weight is 396 g/mol. The van der Waals surface area contributed by atoms with Crippen molar-refractivity contribution in [2.45, 2.75) is 33.1 Å². The van der Waals surface area contributed by atoms with Crippen LogP contribution in [0.1, 0.15) is 42.1 Å². The summed E-state index contributed by atoms with van der Waals surface area (Å²) in [6.45, 7) is 6.87. The van der Waals surface area contributed by atoms with E-state index in [-0.39, 0.29) is 11.8 Å². The van der Waals surface area contributed by atoms with Crippen molar-refractivity contribution in [3.05, 3.63) is 53.6 Å². The molecule has 0 spiro atoms. The SMILES string of the molecule is CCCCC(=O)Nc1ccc(NC(=O)c2ccccc2N2CCOCC2)cc1C. The quantitative estimate of drug-likeness (QED) is 0.737. The molecule has 2 N–H and O–H groups in total. The van der Waals surface area contributed by atoms with Gasteiger partial charge in [-0.3, -0.25) is 9.59 Å². The zero-order valence-corrected chi connectivity index (χ0v) is 17.2. The van der Waals surface area contributed by atoms with Gasteiger partial charge in [0.25, 0.3) is 5.91 Å². The Morgan fingerprint density at radius 1 is 1.07 bits per heavy atom. The molecule has 154 valence electrons. The highest BCUT2D eigenvalue weighted by atomic mass is 16.5. The highest BCUT2D eigenvalue weighted by Crippen LogP contribution is 2.24. The fraction of sp³-hybridized carbons (Fsp3) is 0.391. The Kier molecular flexibility index (Phi) is 7.25. The van der Waals surface area contributed by atoms with E-state index in [0.717, 1.165) is 42.9 Å². The summed E-state index contributed by atoms with van der Waals surface area (Å²) < 4.78 is 5.42. The number of benzene rings is 2. The van der Waals surface area contributed by atoms with Crippen molar-refractivity contribution >= 4 is 28.9 Å². The molecule has 0 saturated carbocycles. The highest BCUT2D eigenvalue weighted by molar-refractivity contribution is 6.08. The van der Waals surface area contributed by atoms with Crippen molar-refractivity contribution in [3.8, 4) is 0 Å². The standard InChI is InChI=1S/C23H29N3O3/c1-3-4-9-22(27)25-20-11-10-18(16-17(20)2)24-23(28)19-7-5-6-8-21(19)26-12-14-29-15-13-26/h5-8,10-11,16H,3-4,9,12-15H2,1-2H3,(H,24,28)(H,25,27). The number of morpholine rings is 1. The van der Waals surface area contributed by atoms with E-state index in [1.807, 2.05) is 49.4 Å². The second kappa shape index (κ2) is 10.1. The maximum atomic E-state index is 12.9. The smallest absolute Gasteiger partial charge is 0.257 e. The van der Waals surface area contributed by atoms with Crippen LogP contribution in [0.3, 0.4) is 0 Å². The Bertz CT molecular complexity index is 860. The van der Waals surface area contributed by atoms with Crippen LogP contribution in [0.25, 0.3) is 0 Å². The van der Waals surface area contributed by atoms with Crippen LogP contribution in [0.4, 0.5) is 17.1 Å². The summed E-state index contributed by atoms with van der Waals surface area (Å²) in [5.41, 5.74) is 3.96. The van der Waals surface area contributed by atoms with Crippen molar-refractivity contribution in [1.82, 2.24) is 0 Å². The van der Waals surface area contributed by atoms with Crippen LogP contribution in [0.2, 0.25) is 0 Å². The van der Waals surface area contributed by atoms with Gasteiger partial charge in [-0.05, 0) is 49.2 Å². The van der Waals surface area contributed by atoms with Crippen LogP contribution in [0.5, 0.6) is 0 Å². The van der Waals surface area contributed by atoms with Crippen LogP contribution in [-0.2, 0) is 9.53 Å². The number of carbonyl (C=O) groups is 2. The third-order valence-corrected chi connectivity index (χ3v) is 5.02. The Morgan fingerprint density at radius 3 is 2.55 bits per heavy atom. The lowest BCUT2D eigenvalue weighted by molar-refractivity contribution is -0.116. The van der Waals surface area contributed by atoms with Crippen molar-refractivity contribution < 1.29 is 14.3 Å². The number of unbranched alkanes of at least 4 members (excludes halogenated alkanes) is 1. The summed E-state index contributed by atoms with van der Waals surface area (Å²) in [5.74, 6) is -0.127.